The monoisotopic (exact) mass is 181 g/mol. The Morgan fingerprint density at radius 3 is 1.69 bits per heavy atom. The third-order valence-corrected chi connectivity index (χ3v) is 3.24. The average molecular weight is 181 g/mol. The molecule has 1 rings (SSSR count). The van der Waals surface area contributed by atoms with Gasteiger partial charge in [-0.1, -0.05) is 40.5 Å². The summed E-state index contributed by atoms with van der Waals surface area (Å²) < 4.78 is 0. The van der Waals surface area contributed by atoms with Crippen molar-refractivity contribution in [3.05, 3.63) is 0 Å². The number of nitriles is 1. The first-order chi connectivity index (χ1) is 6.00. The summed E-state index contributed by atoms with van der Waals surface area (Å²) in [6.45, 7) is 13.0. The van der Waals surface area contributed by atoms with Crippen LogP contribution in [0.4, 0.5) is 0 Å². The molecule has 0 aliphatic heterocycles. The van der Waals surface area contributed by atoms with Gasteiger partial charge in [-0.15, -0.1) is 0 Å². The SMILES string of the molecule is C#N.CC1CCC(C(C)(C)C)CC1. The summed E-state index contributed by atoms with van der Waals surface area (Å²) in [4.78, 5) is 0. The Bertz CT molecular complexity index is 144. The van der Waals surface area contributed by atoms with Gasteiger partial charge in [-0.3, -0.25) is 0 Å². The van der Waals surface area contributed by atoms with Crippen LogP contribution in [-0.2, 0) is 0 Å². The maximum Gasteiger partial charge on any atom is 0.0462 e. The molecule has 0 N–H and O–H groups in total. The first-order valence-electron chi connectivity index (χ1n) is 5.26. The van der Waals surface area contributed by atoms with Crippen molar-refractivity contribution < 1.29 is 0 Å². The van der Waals surface area contributed by atoms with Crippen LogP contribution in [0.1, 0.15) is 53.4 Å². The van der Waals surface area contributed by atoms with Gasteiger partial charge in [0.05, 0.1) is 0 Å². The highest BCUT2D eigenvalue weighted by atomic mass is 14.3. The van der Waals surface area contributed by atoms with Crippen molar-refractivity contribution in [2.45, 2.75) is 53.4 Å². The van der Waals surface area contributed by atoms with Crippen LogP contribution in [-0.4, -0.2) is 0 Å². The Morgan fingerprint density at radius 1 is 1.00 bits per heavy atom. The zero-order valence-corrected chi connectivity index (χ0v) is 9.51. The van der Waals surface area contributed by atoms with Gasteiger partial charge >= 0.3 is 0 Å². The molecular formula is C12H23N. The lowest BCUT2D eigenvalue weighted by atomic mass is 9.70. The van der Waals surface area contributed by atoms with Crippen LogP contribution in [0.3, 0.4) is 0 Å². The summed E-state index contributed by atoms with van der Waals surface area (Å²) in [6, 6.07) is 0. The van der Waals surface area contributed by atoms with Crippen molar-refractivity contribution >= 4 is 0 Å². The second-order valence-corrected chi connectivity index (χ2v) is 5.32. The minimum Gasteiger partial charge on any atom is -0.202 e. The fraction of sp³-hybridized carbons (Fsp3) is 0.917. The lowest BCUT2D eigenvalue weighted by Crippen LogP contribution is -2.24. The van der Waals surface area contributed by atoms with E-state index in [1.54, 1.807) is 0 Å². The van der Waals surface area contributed by atoms with Crippen LogP contribution in [0.15, 0.2) is 0 Å². The van der Waals surface area contributed by atoms with E-state index in [-0.39, 0.29) is 0 Å². The summed E-state index contributed by atoms with van der Waals surface area (Å²) in [5.41, 5.74) is 0.556. The molecule has 0 aromatic rings. The maximum atomic E-state index is 6.50. The van der Waals surface area contributed by atoms with Crippen molar-refractivity contribution in [3.63, 3.8) is 0 Å². The van der Waals surface area contributed by atoms with Crippen molar-refractivity contribution in [2.24, 2.45) is 17.3 Å². The number of rotatable bonds is 0. The average Bonchev–Trinajstić information content (AvgIpc) is 2.07. The minimum absolute atomic E-state index is 0.556. The zero-order chi connectivity index (χ0) is 10.5. The Hall–Kier alpha value is -0.510. The molecule has 1 saturated carbocycles. The van der Waals surface area contributed by atoms with Gasteiger partial charge in [-0.05, 0) is 30.1 Å². The second-order valence-electron chi connectivity index (χ2n) is 5.32. The predicted octanol–water partition coefficient (Wildman–Crippen LogP) is 4.00. The van der Waals surface area contributed by atoms with E-state index in [1.807, 2.05) is 0 Å². The summed E-state index contributed by atoms with van der Waals surface area (Å²) in [5.74, 6) is 1.98. The maximum absolute atomic E-state index is 6.50. The number of nitrogens with zero attached hydrogens (tertiary/aromatic N) is 1. The van der Waals surface area contributed by atoms with E-state index in [9.17, 15) is 0 Å². The summed E-state index contributed by atoms with van der Waals surface area (Å²) in [7, 11) is 0. The van der Waals surface area contributed by atoms with Crippen LogP contribution in [0, 0.1) is 29.1 Å². The fourth-order valence-electron chi connectivity index (χ4n) is 2.13. The Kier molecular flexibility index (Phi) is 5.06. The van der Waals surface area contributed by atoms with Crippen molar-refractivity contribution in [1.29, 1.82) is 5.26 Å². The molecule has 0 amide bonds. The molecule has 0 spiro atoms. The van der Waals surface area contributed by atoms with E-state index in [1.165, 1.54) is 25.7 Å². The van der Waals surface area contributed by atoms with Gasteiger partial charge in [0.1, 0.15) is 0 Å². The van der Waals surface area contributed by atoms with Gasteiger partial charge in [0, 0.05) is 6.57 Å². The molecule has 1 nitrogen and oxygen atoms in total. The quantitative estimate of drug-likeness (QED) is 0.554. The number of hydrogen-bond donors (Lipinski definition) is 0. The van der Waals surface area contributed by atoms with E-state index in [0.29, 0.717) is 5.41 Å². The summed E-state index contributed by atoms with van der Waals surface area (Å²) in [6.07, 6.45) is 5.85. The van der Waals surface area contributed by atoms with Crippen molar-refractivity contribution in [3.8, 4) is 6.57 Å². The molecule has 13 heavy (non-hydrogen) atoms. The van der Waals surface area contributed by atoms with E-state index < -0.39 is 0 Å². The largest absolute Gasteiger partial charge is 0.202 e. The lowest BCUT2D eigenvalue weighted by molar-refractivity contribution is 0.155. The molecule has 0 bridgehead atoms. The van der Waals surface area contributed by atoms with Crippen LogP contribution in [0.5, 0.6) is 0 Å². The Morgan fingerprint density at radius 2 is 1.38 bits per heavy atom. The minimum atomic E-state index is 0.556. The normalized spacial score (nSPS) is 28.8. The standard InChI is InChI=1S/C11H22.CHN/c1-9-5-7-10(8-6-9)11(2,3)4;1-2/h9-10H,5-8H2,1-4H3;1H. The highest BCUT2D eigenvalue weighted by Crippen LogP contribution is 2.39. The first-order valence-corrected chi connectivity index (χ1v) is 5.26. The van der Waals surface area contributed by atoms with Gasteiger partial charge in [0.15, 0.2) is 0 Å². The molecule has 0 atom stereocenters. The predicted molar refractivity (Wildman–Crippen MR) is 57.2 cm³/mol. The second kappa shape index (κ2) is 5.27. The number of hydrogen-bond acceptors (Lipinski definition) is 1. The van der Waals surface area contributed by atoms with Gasteiger partial charge in [-0.25, -0.2) is 5.26 Å². The smallest absolute Gasteiger partial charge is 0.0462 e. The van der Waals surface area contributed by atoms with Crippen molar-refractivity contribution in [1.82, 2.24) is 0 Å². The van der Waals surface area contributed by atoms with E-state index >= 15 is 0 Å². The highest BCUT2D eigenvalue weighted by Gasteiger charge is 2.27. The molecule has 0 heterocycles. The highest BCUT2D eigenvalue weighted by molar-refractivity contribution is 4.78. The molecule has 0 saturated heterocycles. The van der Waals surface area contributed by atoms with Crippen LogP contribution < -0.4 is 0 Å². The van der Waals surface area contributed by atoms with E-state index in [2.05, 4.69) is 34.3 Å². The van der Waals surface area contributed by atoms with Gasteiger partial charge in [0.2, 0.25) is 0 Å². The van der Waals surface area contributed by atoms with E-state index in [4.69, 9.17) is 5.26 Å². The first kappa shape index (κ1) is 12.5. The van der Waals surface area contributed by atoms with Crippen LogP contribution in [0.25, 0.3) is 0 Å². The molecule has 0 unspecified atom stereocenters. The van der Waals surface area contributed by atoms with Gasteiger partial charge < -0.3 is 0 Å². The van der Waals surface area contributed by atoms with Crippen molar-refractivity contribution in [2.75, 3.05) is 0 Å². The summed E-state index contributed by atoms with van der Waals surface area (Å²) in [5, 5.41) is 6.50. The molecule has 0 aromatic heterocycles. The van der Waals surface area contributed by atoms with Gasteiger partial charge in [0.25, 0.3) is 0 Å². The molecule has 1 heteroatoms. The zero-order valence-electron chi connectivity index (χ0n) is 9.51. The molecule has 1 aliphatic rings. The molecule has 1 fully saturated rings. The lowest BCUT2D eigenvalue weighted by Gasteiger charge is -2.35. The fourth-order valence-corrected chi connectivity index (χ4v) is 2.13. The Labute approximate surface area is 83.1 Å². The molecule has 76 valence electrons. The molecule has 0 aromatic carbocycles. The third kappa shape index (κ3) is 4.31. The Balaban J connectivity index is 0.000000671. The van der Waals surface area contributed by atoms with Gasteiger partial charge in [-0.2, -0.15) is 0 Å². The van der Waals surface area contributed by atoms with Crippen LogP contribution in [0.2, 0.25) is 0 Å². The summed E-state index contributed by atoms with van der Waals surface area (Å²) >= 11 is 0. The molecule has 1 aliphatic carbocycles. The molecular weight excluding hydrogens is 158 g/mol. The third-order valence-electron chi connectivity index (χ3n) is 3.24. The molecule has 0 radical (unpaired) electrons. The van der Waals surface area contributed by atoms with E-state index in [0.717, 1.165) is 11.8 Å². The topological polar surface area (TPSA) is 23.8 Å². The van der Waals surface area contributed by atoms with Crippen LogP contribution >= 0.6 is 0 Å².